The molecule has 1 aromatic carbocycles. The van der Waals surface area contributed by atoms with Crippen molar-refractivity contribution >= 4 is 44.1 Å². The largest absolute Gasteiger partial charge is 0.480 e. The number of aryl methyl sites for hydroxylation is 1. The standard InChI is InChI=1S/C15H15BrN2O3S/c1-8-4-5-13(11(16)6-8)21-10(3)14(20)18-15-17-12(7-22-15)9(2)19/h4-7,10H,1-3H3,(H,17,18,20). The monoisotopic (exact) mass is 382 g/mol. The minimum Gasteiger partial charge on any atom is -0.480 e. The summed E-state index contributed by atoms with van der Waals surface area (Å²) in [5, 5.41) is 4.64. The Hall–Kier alpha value is -1.73. The molecule has 2 aromatic rings. The van der Waals surface area contributed by atoms with Crippen molar-refractivity contribution in [3.8, 4) is 5.75 Å². The lowest BCUT2D eigenvalue weighted by molar-refractivity contribution is -0.122. The van der Waals surface area contributed by atoms with Crippen LogP contribution in [0.25, 0.3) is 0 Å². The van der Waals surface area contributed by atoms with E-state index in [0.29, 0.717) is 16.6 Å². The first-order valence-electron chi connectivity index (χ1n) is 6.57. The van der Waals surface area contributed by atoms with Crippen molar-refractivity contribution in [2.75, 3.05) is 5.32 Å². The van der Waals surface area contributed by atoms with E-state index in [1.807, 2.05) is 19.1 Å². The highest BCUT2D eigenvalue weighted by Gasteiger charge is 2.18. The number of hydrogen-bond acceptors (Lipinski definition) is 5. The third-order valence-corrected chi connectivity index (χ3v) is 4.23. The highest BCUT2D eigenvalue weighted by atomic mass is 79.9. The summed E-state index contributed by atoms with van der Waals surface area (Å²) in [7, 11) is 0. The normalized spacial score (nSPS) is 11.8. The molecule has 0 bridgehead atoms. The number of thiazole rings is 1. The lowest BCUT2D eigenvalue weighted by Crippen LogP contribution is -2.30. The van der Waals surface area contributed by atoms with Crippen LogP contribution in [-0.4, -0.2) is 22.8 Å². The summed E-state index contributed by atoms with van der Waals surface area (Å²) in [6.07, 6.45) is -0.691. The summed E-state index contributed by atoms with van der Waals surface area (Å²) >= 11 is 4.61. The summed E-state index contributed by atoms with van der Waals surface area (Å²) < 4.78 is 6.43. The zero-order valence-corrected chi connectivity index (χ0v) is 14.7. The number of halogens is 1. The van der Waals surface area contributed by atoms with E-state index < -0.39 is 6.10 Å². The Labute approximate surface area is 140 Å². The number of rotatable bonds is 5. The van der Waals surface area contributed by atoms with Crippen molar-refractivity contribution in [1.29, 1.82) is 0 Å². The first-order valence-corrected chi connectivity index (χ1v) is 8.24. The number of carbonyl (C=O) groups is 2. The van der Waals surface area contributed by atoms with Gasteiger partial charge in [0.2, 0.25) is 0 Å². The Balaban J connectivity index is 2.00. The van der Waals surface area contributed by atoms with Gasteiger partial charge in [-0.05, 0) is 47.5 Å². The van der Waals surface area contributed by atoms with Crippen LogP contribution in [0.5, 0.6) is 5.75 Å². The number of benzene rings is 1. The molecule has 0 spiro atoms. The van der Waals surface area contributed by atoms with Gasteiger partial charge in [0, 0.05) is 12.3 Å². The molecule has 0 saturated carbocycles. The number of ketones is 1. The molecule has 1 amide bonds. The fourth-order valence-corrected chi connectivity index (χ4v) is 2.98. The number of Topliss-reactive ketones (excluding diaryl/α,β-unsaturated/α-hetero) is 1. The molecule has 0 fully saturated rings. The molecular weight excluding hydrogens is 368 g/mol. The summed E-state index contributed by atoms with van der Waals surface area (Å²) in [5.74, 6) is 0.137. The second-order valence-electron chi connectivity index (χ2n) is 4.78. The van der Waals surface area contributed by atoms with E-state index in [-0.39, 0.29) is 11.7 Å². The van der Waals surface area contributed by atoms with Gasteiger partial charge in [-0.2, -0.15) is 0 Å². The number of aromatic nitrogens is 1. The van der Waals surface area contributed by atoms with Crippen LogP contribution in [0.4, 0.5) is 5.13 Å². The van der Waals surface area contributed by atoms with E-state index in [1.54, 1.807) is 18.4 Å². The number of anilines is 1. The van der Waals surface area contributed by atoms with Crippen LogP contribution < -0.4 is 10.1 Å². The first-order chi connectivity index (χ1) is 10.4. The van der Waals surface area contributed by atoms with Crippen LogP contribution in [0.1, 0.15) is 29.9 Å². The molecule has 2 rings (SSSR count). The third kappa shape index (κ3) is 4.14. The lowest BCUT2D eigenvalue weighted by Gasteiger charge is -2.15. The molecule has 1 atom stereocenters. The number of carbonyl (C=O) groups excluding carboxylic acids is 2. The lowest BCUT2D eigenvalue weighted by atomic mass is 10.2. The molecule has 1 N–H and O–H groups in total. The predicted octanol–water partition coefficient (Wildman–Crippen LogP) is 3.82. The molecule has 7 heteroatoms. The van der Waals surface area contributed by atoms with Crippen molar-refractivity contribution in [2.45, 2.75) is 26.9 Å². The summed E-state index contributed by atoms with van der Waals surface area (Å²) in [6, 6.07) is 5.63. The van der Waals surface area contributed by atoms with Crippen molar-refractivity contribution < 1.29 is 14.3 Å². The first kappa shape index (κ1) is 16.6. The minimum atomic E-state index is -0.691. The third-order valence-electron chi connectivity index (χ3n) is 2.86. The molecule has 1 aromatic heterocycles. The number of amides is 1. The van der Waals surface area contributed by atoms with E-state index in [0.717, 1.165) is 10.0 Å². The number of nitrogens with zero attached hydrogens (tertiary/aromatic N) is 1. The molecular formula is C15H15BrN2O3S. The van der Waals surface area contributed by atoms with E-state index in [1.165, 1.54) is 18.3 Å². The average Bonchev–Trinajstić information content (AvgIpc) is 2.90. The van der Waals surface area contributed by atoms with E-state index in [4.69, 9.17) is 4.74 Å². The van der Waals surface area contributed by atoms with Crippen LogP contribution >= 0.6 is 27.3 Å². The predicted molar refractivity (Wildman–Crippen MR) is 89.7 cm³/mol. The van der Waals surface area contributed by atoms with Gasteiger partial charge in [0.05, 0.1) is 4.47 Å². The Kier molecular flexibility index (Phi) is 5.31. The second kappa shape index (κ2) is 7.02. The minimum absolute atomic E-state index is 0.135. The number of hydrogen-bond donors (Lipinski definition) is 1. The molecule has 5 nitrogen and oxygen atoms in total. The fourth-order valence-electron chi connectivity index (χ4n) is 1.65. The quantitative estimate of drug-likeness (QED) is 0.797. The average molecular weight is 383 g/mol. The zero-order valence-electron chi connectivity index (χ0n) is 12.3. The van der Waals surface area contributed by atoms with Crippen molar-refractivity contribution in [3.05, 3.63) is 39.3 Å². The molecule has 116 valence electrons. The van der Waals surface area contributed by atoms with Gasteiger partial charge in [0.1, 0.15) is 11.4 Å². The number of nitrogens with one attached hydrogen (secondary N) is 1. The maximum atomic E-state index is 12.1. The van der Waals surface area contributed by atoms with Crippen LogP contribution in [0.2, 0.25) is 0 Å². The van der Waals surface area contributed by atoms with Crippen LogP contribution in [0, 0.1) is 6.92 Å². The Morgan fingerprint density at radius 2 is 2.14 bits per heavy atom. The van der Waals surface area contributed by atoms with Crippen molar-refractivity contribution in [1.82, 2.24) is 4.98 Å². The van der Waals surface area contributed by atoms with Gasteiger partial charge in [0.25, 0.3) is 5.91 Å². The Bertz CT molecular complexity index is 715. The molecule has 0 aliphatic carbocycles. The molecule has 1 unspecified atom stereocenters. The van der Waals surface area contributed by atoms with E-state index in [9.17, 15) is 9.59 Å². The molecule has 0 radical (unpaired) electrons. The molecule has 0 aliphatic heterocycles. The fraction of sp³-hybridized carbons (Fsp3) is 0.267. The van der Waals surface area contributed by atoms with Gasteiger partial charge in [-0.1, -0.05) is 6.07 Å². The number of ether oxygens (including phenoxy) is 1. The SMILES string of the molecule is CC(=O)c1csc(NC(=O)C(C)Oc2ccc(C)cc2Br)n1. The summed E-state index contributed by atoms with van der Waals surface area (Å²) in [6.45, 7) is 5.06. The van der Waals surface area contributed by atoms with E-state index in [2.05, 4.69) is 26.2 Å². The Morgan fingerprint density at radius 3 is 2.73 bits per heavy atom. The molecule has 0 aliphatic rings. The van der Waals surface area contributed by atoms with Gasteiger partial charge in [-0.25, -0.2) is 4.98 Å². The van der Waals surface area contributed by atoms with Crippen molar-refractivity contribution in [3.63, 3.8) is 0 Å². The van der Waals surface area contributed by atoms with Crippen LogP contribution in [0.3, 0.4) is 0 Å². The highest BCUT2D eigenvalue weighted by Crippen LogP contribution is 2.27. The van der Waals surface area contributed by atoms with Gasteiger partial charge in [-0.3, -0.25) is 14.9 Å². The van der Waals surface area contributed by atoms with Crippen molar-refractivity contribution in [2.24, 2.45) is 0 Å². The summed E-state index contributed by atoms with van der Waals surface area (Å²) in [4.78, 5) is 27.3. The topological polar surface area (TPSA) is 68.3 Å². The summed E-state index contributed by atoms with van der Waals surface area (Å²) in [5.41, 5.74) is 1.44. The second-order valence-corrected chi connectivity index (χ2v) is 6.49. The maximum Gasteiger partial charge on any atom is 0.266 e. The smallest absolute Gasteiger partial charge is 0.266 e. The van der Waals surface area contributed by atoms with Gasteiger partial charge in [0.15, 0.2) is 17.0 Å². The van der Waals surface area contributed by atoms with Crippen LogP contribution in [-0.2, 0) is 4.79 Å². The van der Waals surface area contributed by atoms with Gasteiger partial charge < -0.3 is 4.74 Å². The zero-order chi connectivity index (χ0) is 16.3. The highest BCUT2D eigenvalue weighted by molar-refractivity contribution is 9.10. The van der Waals surface area contributed by atoms with Gasteiger partial charge in [-0.15, -0.1) is 11.3 Å². The van der Waals surface area contributed by atoms with Gasteiger partial charge >= 0.3 is 0 Å². The van der Waals surface area contributed by atoms with E-state index >= 15 is 0 Å². The molecule has 0 saturated heterocycles. The maximum absolute atomic E-state index is 12.1. The Morgan fingerprint density at radius 1 is 1.41 bits per heavy atom. The van der Waals surface area contributed by atoms with Crippen LogP contribution in [0.15, 0.2) is 28.1 Å². The molecule has 22 heavy (non-hydrogen) atoms. The molecule has 1 heterocycles.